The summed E-state index contributed by atoms with van der Waals surface area (Å²) in [6, 6.07) is 17.7. The first-order valence-corrected chi connectivity index (χ1v) is 8.69. The van der Waals surface area contributed by atoms with Crippen LogP contribution in [0.3, 0.4) is 0 Å². The summed E-state index contributed by atoms with van der Waals surface area (Å²) in [4.78, 5) is 18.8. The summed E-state index contributed by atoms with van der Waals surface area (Å²) in [6.45, 7) is 1.66. The van der Waals surface area contributed by atoms with Crippen molar-refractivity contribution in [3.8, 4) is 0 Å². The average molecular weight is 339 g/mol. The number of thiazole rings is 1. The number of benzene rings is 2. The Morgan fingerprint density at radius 3 is 2.79 bits per heavy atom. The van der Waals surface area contributed by atoms with Crippen molar-refractivity contribution in [1.29, 1.82) is 0 Å². The smallest absolute Gasteiger partial charge is 0.323 e. The van der Waals surface area contributed by atoms with Crippen molar-refractivity contribution >= 4 is 32.7 Å². The second-order valence-corrected chi connectivity index (χ2v) is 6.66. The molecule has 1 aliphatic heterocycles. The third-order valence-corrected chi connectivity index (χ3v) is 4.98. The summed E-state index contributed by atoms with van der Waals surface area (Å²) in [6.07, 6.45) is -0.0823. The highest BCUT2D eigenvalue weighted by Crippen LogP contribution is 2.26. The van der Waals surface area contributed by atoms with E-state index in [4.69, 9.17) is 4.74 Å². The minimum Gasteiger partial charge on any atom is -0.370 e. The highest BCUT2D eigenvalue weighted by Gasteiger charge is 2.25. The summed E-state index contributed by atoms with van der Waals surface area (Å²) >= 11 is 1.49. The van der Waals surface area contributed by atoms with Crippen LogP contribution in [0.1, 0.15) is 11.7 Å². The molecule has 5 nitrogen and oxygen atoms in total. The number of carbonyl (C=O) groups excluding carboxylic acids is 1. The predicted molar refractivity (Wildman–Crippen MR) is 95.3 cm³/mol. The summed E-state index contributed by atoms with van der Waals surface area (Å²) in [5.74, 6) is 0. The molecule has 0 bridgehead atoms. The quantitative estimate of drug-likeness (QED) is 0.770. The molecule has 0 unspecified atom stereocenters. The maximum Gasteiger partial charge on any atom is 0.323 e. The molecule has 24 heavy (non-hydrogen) atoms. The van der Waals surface area contributed by atoms with E-state index < -0.39 is 0 Å². The van der Waals surface area contributed by atoms with Gasteiger partial charge in [-0.2, -0.15) is 0 Å². The zero-order chi connectivity index (χ0) is 16.4. The number of rotatable bonds is 2. The van der Waals surface area contributed by atoms with Gasteiger partial charge in [0.2, 0.25) is 0 Å². The lowest BCUT2D eigenvalue weighted by molar-refractivity contribution is -0.0135. The van der Waals surface area contributed by atoms with Gasteiger partial charge < -0.3 is 9.64 Å². The van der Waals surface area contributed by atoms with E-state index in [2.05, 4.69) is 10.3 Å². The Balaban J connectivity index is 1.45. The van der Waals surface area contributed by atoms with Crippen molar-refractivity contribution in [2.75, 3.05) is 25.0 Å². The van der Waals surface area contributed by atoms with Gasteiger partial charge in [-0.05, 0) is 17.7 Å². The molecule has 1 N–H and O–H groups in total. The Bertz CT molecular complexity index is 817. The van der Waals surface area contributed by atoms with Gasteiger partial charge >= 0.3 is 6.03 Å². The van der Waals surface area contributed by atoms with Crippen molar-refractivity contribution in [2.45, 2.75) is 6.10 Å². The first-order chi connectivity index (χ1) is 11.8. The fourth-order valence-electron chi connectivity index (χ4n) is 2.80. The molecule has 2 aromatic carbocycles. The maximum absolute atomic E-state index is 12.5. The lowest BCUT2D eigenvalue weighted by Crippen LogP contribution is -2.44. The number of carbonyl (C=O) groups is 1. The second kappa shape index (κ2) is 6.59. The van der Waals surface area contributed by atoms with Gasteiger partial charge in [0.25, 0.3) is 0 Å². The third kappa shape index (κ3) is 3.11. The number of anilines is 1. The van der Waals surface area contributed by atoms with Crippen LogP contribution in [-0.2, 0) is 4.74 Å². The molecule has 1 atom stereocenters. The van der Waals surface area contributed by atoms with E-state index in [9.17, 15) is 4.79 Å². The third-order valence-electron chi connectivity index (χ3n) is 4.03. The number of urea groups is 1. The normalized spacial score (nSPS) is 17.8. The highest BCUT2D eigenvalue weighted by molar-refractivity contribution is 7.22. The van der Waals surface area contributed by atoms with Gasteiger partial charge in [-0.15, -0.1) is 0 Å². The molecule has 1 saturated heterocycles. The van der Waals surface area contributed by atoms with Crippen LogP contribution in [-0.4, -0.2) is 35.6 Å². The molecule has 6 heteroatoms. The van der Waals surface area contributed by atoms with Gasteiger partial charge in [0, 0.05) is 6.54 Å². The topological polar surface area (TPSA) is 54.5 Å². The number of hydrogen-bond donors (Lipinski definition) is 1. The molecule has 4 rings (SSSR count). The lowest BCUT2D eigenvalue weighted by Gasteiger charge is -2.32. The van der Waals surface area contributed by atoms with Crippen LogP contribution >= 0.6 is 11.3 Å². The monoisotopic (exact) mass is 339 g/mol. The van der Waals surface area contributed by atoms with Crippen molar-refractivity contribution in [3.05, 3.63) is 60.2 Å². The molecule has 122 valence electrons. The summed E-state index contributed by atoms with van der Waals surface area (Å²) < 4.78 is 6.87. The van der Waals surface area contributed by atoms with Crippen molar-refractivity contribution < 1.29 is 9.53 Å². The Labute approximate surface area is 143 Å². The predicted octanol–water partition coefficient (Wildman–Crippen LogP) is 3.90. The van der Waals surface area contributed by atoms with Gasteiger partial charge in [-0.25, -0.2) is 9.78 Å². The fourth-order valence-corrected chi connectivity index (χ4v) is 3.65. The lowest BCUT2D eigenvalue weighted by atomic mass is 10.1. The van der Waals surface area contributed by atoms with E-state index in [1.54, 1.807) is 4.90 Å². The Morgan fingerprint density at radius 2 is 1.96 bits per heavy atom. The molecule has 0 aliphatic carbocycles. The Morgan fingerprint density at radius 1 is 1.17 bits per heavy atom. The van der Waals surface area contributed by atoms with E-state index in [0.717, 1.165) is 15.8 Å². The minimum absolute atomic E-state index is 0.0823. The van der Waals surface area contributed by atoms with Crippen LogP contribution in [0.15, 0.2) is 54.6 Å². The summed E-state index contributed by atoms with van der Waals surface area (Å²) in [7, 11) is 0. The summed E-state index contributed by atoms with van der Waals surface area (Å²) in [5, 5.41) is 3.54. The average Bonchev–Trinajstić information content (AvgIpc) is 3.05. The number of ether oxygens (including phenoxy) is 1. The number of hydrogen-bond acceptors (Lipinski definition) is 4. The number of amides is 2. The van der Waals surface area contributed by atoms with Crippen LogP contribution in [0.5, 0.6) is 0 Å². The molecule has 0 radical (unpaired) electrons. The molecule has 2 amide bonds. The van der Waals surface area contributed by atoms with Gasteiger partial charge in [-0.1, -0.05) is 53.8 Å². The zero-order valence-corrected chi connectivity index (χ0v) is 13.8. The van der Waals surface area contributed by atoms with Gasteiger partial charge in [-0.3, -0.25) is 5.32 Å². The molecule has 0 saturated carbocycles. The molecular formula is C18H17N3O2S. The molecule has 0 spiro atoms. The summed E-state index contributed by atoms with van der Waals surface area (Å²) in [5.41, 5.74) is 2.00. The molecule has 2 heterocycles. The maximum atomic E-state index is 12.5. The van der Waals surface area contributed by atoms with E-state index in [0.29, 0.717) is 24.8 Å². The number of morpholine rings is 1. The Hall–Kier alpha value is -2.44. The standard InChI is InChI=1S/C18H17N3O2S/c22-18(20-17-19-14-8-4-5-9-16(14)24-17)21-10-11-23-15(12-21)13-6-2-1-3-7-13/h1-9,15H,10-12H2,(H,19,20,22)/t15-/m1/s1. The zero-order valence-electron chi connectivity index (χ0n) is 13.0. The van der Waals surface area contributed by atoms with Crippen molar-refractivity contribution in [1.82, 2.24) is 9.88 Å². The molecule has 3 aromatic rings. The molecular weight excluding hydrogens is 322 g/mol. The van der Waals surface area contributed by atoms with Crippen LogP contribution < -0.4 is 5.32 Å². The first-order valence-electron chi connectivity index (χ1n) is 7.87. The van der Waals surface area contributed by atoms with Crippen LogP contribution in [0.25, 0.3) is 10.2 Å². The van der Waals surface area contributed by atoms with E-state index in [1.807, 2.05) is 54.6 Å². The van der Waals surface area contributed by atoms with Crippen LogP contribution in [0.4, 0.5) is 9.93 Å². The van der Waals surface area contributed by atoms with Crippen LogP contribution in [0.2, 0.25) is 0 Å². The largest absolute Gasteiger partial charge is 0.370 e. The van der Waals surface area contributed by atoms with Crippen molar-refractivity contribution in [3.63, 3.8) is 0 Å². The highest BCUT2D eigenvalue weighted by atomic mass is 32.1. The Kier molecular flexibility index (Phi) is 4.15. The molecule has 1 aromatic heterocycles. The van der Waals surface area contributed by atoms with Gasteiger partial charge in [0.1, 0.15) is 6.10 Å². The first kappa shape index (κ1) is 15.1. The van der Waals surface area contributed by atoms with E-state index in [1.165, 1.54) is 11.3 Å². The van der Waals surface area contributed by atoms with Crippen LogP contribution in [0, 0.1) is 0 Å². The number of para-hydroxylation sites is 1. The number of fused-ring (bicyclic) bond motifs is 1. The SMILES string of the molecule is O=C(Nc1nc2ccccc2s1)N1CCO[C@@H](c2ccccc2)C1. The second-order valence-electron chi connectivity index (χ2n) is 5.63. The molecule has 1 aliphatic rings. The number of aromatic nitrogens is 1. The van der Waals surface area contributed by atoms with Gasteiger partial charge in [0.05, 0.1) is 23.4 Å². The van der Waals surface area contributed by atoms with Gasteiger partial charge in [0.15, 0.2) is 5.13 Å². The fraction of sp³-hybridized carbons (Fsp3) is 0.222. The molecule has 1 fully saturated rings. The van der Waals surface area contributed by atoms with E-state index in [-0.39, 0.29) is 12.1 Å². The van der Waals surface area contributed by atoms with E-state index >= 15 is 0 Å². The van der Waals surface area contributed by atoms with Crippen molar-refractivity contribution in [2.24, 2.45) is 0 Å². The number of nitrogens with one attached hydrogen (secondary N) is 1. The number of nitrogens with zero attached hydrogens (tertiary/aromatic N) is 2. The minimum atomic E-state index is -0.127.